The maximum absolute atomic E-state index is 5.88. The Labute approximate surface area is 127 Å². The van der Waals surface area contributed by atoms with E-state index in [0.29, 0.717) is 12.4 Å². The first-order valence-electron chi connectivity index (χ1n) is 7.12. The van der Waals surface area contributed by atoms with Gasteiger partial charge in [0.2, 0.25) is 0 Å². The third-order valence-electron chi connectivity index (χ3n) is 3.31. The second kappa shape index (κ2) is 6.38. The van der Waals surface area contributed by atoms with E-state index in [-0.39, 0.29) is 0 Å². The van der Waals surface area contributed by atoms with Crippen molar-refractivity contribution in [3.05, 3.63) is 36.3 Å². The predicted octanol–water partition coefficient (Wildman–Crippen LogP) is 2.22. The molecule has 22 heavy (non-hydrogen) atoms. The normalized spacial score (nSPS) is 10.8. The van der Waals surface area contributed by atoms with Crippen LogP contribution < -0.4 is 9.47 Å². The fourth-order valence-corrected chi connectivity index (χ4v) is 2.21. The number of tetrazole rings is 1. The first kappa shape index (κ1) is 14.2. The molecule has 3 rings (SSSR count). The number of rotatable bonds is 6. The van der Waals surface area contributed by atoms with E-state index in [1.807, 2.05) is 24.3 Å². The van der Waals surface area contributed by atoms with E-state index in [4.69, 9.17) is 9.47 Å². The van der Waals surface area contributed by atoms with E-state index in [1.165, 1.54) is 0 Å². The topological polar surface area (TPSA) is 75.0 Å². The number of methoxy groups -OCH3 is 1. The Morgan fingerprint density at radius 2 is 2.14 bits per heavy atom. The van der Waals surface area contributed by atoms with E-state index < -0.39 is 0 Å². The third kappa shape index (κ3) is 2.83. The lowest BCUT2D eigenvalue weighted by Crippen LogP contribution is -2.08. The zero-order valence-electron chi connectivity index (χ0n) is 12.6. The van der Waals surface area contributed by atoms with Gasteiger partial charge in [0.15, 0.2) is 5.82 Å². The van der Waals surface area contributed by atoms with Crippen molar-refractivity contribution in [1.82, 2.24) is 25.2 Å². The quantitative estimate of drug-likeness (QED) is 0.694. The largest absolute Gasteiger partial charge is 0.497 e. The standard InChI is InChI=1S/C15H17N5O2/c1-3-8-20-15(17-18-19-20)10-22-14-6-7-16-13-9-11(21-2)4-5-12(13)14/h4-7,9H,3,8,10H2,1-2H3. The number of pyridine rings is 1. The minimum absolute atomic E-state index is 0.318. The van der Waals surface area contributed by atoms with Crippen molar-refractivity contribution in [2.24, 2.45) is 0 Å². The average Bonchev–Trinajstić information content (AvgIpc) is 3.00. The van der Waals surface area contributed by atoms with Gasteiger partial charge in [-0.15, -0.1) is 5.10 Å². The second-order valence-corrected chi connectivity index (χ2v) is 4.80. The van der Waals surface area contributed by atoms with E-state index >= 15 is 0 Å². The summed E-state index contributed by atoms with van der Waals surface area (Å²) in [5.74, 6) is 2.23. The van der Waals surface area contributed by atoms with E-state index in [1.54, 1.807) is 18.0 Å². The molecule has 0 aliphatic rings. The lowest BCUT2D eigenvalue weighted by Gasteiger charge is -2.09. The second-order valence-electron chi connectivity index (χ2n) is 4.80. The molecule has 0 saturated carbocycles. The molecule has 0 amide bonds. The van der Waals surface area contributed by atoms with Gasteiger partial charge in [0.05, 0.1) is 12.6 Å². The molecule has 0 unspecified atom stereocenters. The molecule has 0 radical (unpaired) electrons. The monoisotopic (exact) mass is 299 g/mol. The Bertz CT molecular complexity index is 771. The summed E-state index contributed by atoms with van der Waals surface area (Å²) in [5.41, 5.74) is 0.824. The summed E-state index contributed by atoms with van der Waals surface area (Å²) in [6.45, 7) is 3.17. The van der Waals surface area contributed by atoms with Crippen LogP contribution in [0.5, 0.6) is 11.5 Å². The number of hydrogen-bond donors (Lipinski definition) is 0. The van der Waals surface area contributed by atoms with E-state index in [9.17, 15) is 0 Å². The van der Waals surface area contributed by atoms with Gasteiger partial charge in [-0.2, -0.15) is 0 Å². The molecule has 0 atom stereocenters. The van der Waals surface area contributed by atoms with E-state index in [2.05, 4.69) is 27.4 Å². The molecule has 2 heterocycles. The first-order valence-corrected chi connectivity index (χ1v) is 7.12. The van der Waals surface area contributed by atoms with Crippen molar-refractivity contribution in [3.8, 4) is 11.5 Å². The minimum atomic E-state index is 0.318. The molecule has 0 N–H and O–H groups in total. The molecule has 0 saturated heterocycles. The van der Waals surface area contributed by atoms with Crippen LogP contribution in [-0.4, -0.2) is 32.3 Å². The van der Waals surface area contributed by atoms with Crippen LogP contribution in [0.2, 0.25) is 0 Å². The number of nitrogens with zero attached hydrogens (tertiary/aromatic N) is 5. The fourth-order valence-electron chi connectivity index (χ4n) is 2.21. The van der Waals surface area contributed by atoms with Crippen molar-refractivity contribution in [3.63, 3.8) is 0 Å². The Morgan fingerprint density at radius 1 is 1.23 bits per heavy atom. The van der Waals surface area contributed by atoms with Crippen LogP contribution in [0.1, 0.15) is 19.2 Å². The van der Waals surface area contributed by atoms with Gasteiger partial charge < -0.3 is 9.47 Å². The van der Waals surface area contributed by atoms with Crippen molar-refractivity contribution in [1.29, 1.82) is 0 Å². The summed E-state index contributed by atoms with van der Waals surface area (Å²) in [7, 11) is 1.63. The molecule has 114 valence electrons. The Kier molecular flexibility index (Phi) is 4.13. The average molecular weight is 299 g/mol. The smallest absolute Gasteiger partial charge is 0.189 e. The highest BCUT2D eigenvalue weighted by atomic mass is 16.5. The zero-order chi connectivity index (χ0) is 15.4. The summed E-state index contributed by atoms with van der Waals surface area (Å²) >= 11 is 0. The fraction of sp³-hybridized carbons (Fsp3) is 0.333. The SMILES string of the molecule is CCCn1nnnc1COc1ccnc2cc(OC)ccc12. The van der Waals surface area contributed by atoms with Gasteiger partial charge in [-0.3, -0.25) is 4.98 Å². The maximum atomic E-state index is 5.88. The highest BCUT2D eigenvalue weighted by molar-refractivity contribution is 5.85. The number of aryl methyl sites for hydroxylation is 1. The van der Waals surface area contributed by atoms with Gasteiger partial charge in [-0.05, 0) is 35.0 Å². The van der Waals surface area contributed by atoms with Crippen LogP contribution in [0.4, 0.5) is 0 Å². The highest BCUT2D eigenvalue weighted by Gasteiger charge is 2.09. The van der Waals surface area contributed by atoms with Gasteiger partial charge in [-0.1, -0.05) is 6.92 Å². The van der Waals surface area contributed by atoms with Crippen molar-refractivity contribution >= 4 is 10.9 Å². The molecule has 3 aromatic rings. The molecule has 7 heteroatoms. The lowest BCUT2D eigenvalue weighted by atomic mass is 10.2. The van der Waals surface area contributed by atoms with E-state index in [0.717, 1.165) is 35.4 Å². The lowest BCUT2D eigenvalue weighted by molar-refractivity contribution is 0.289. The first-order chi connectivity index (χ1) is 10.8. The molecule has 0 bridgehead atoms. The van der Waals surface area contributed by atoms with Crippen LogP contribution >= 0.6 is 0 Å². The van der Waals surface area contributed by atoms with Crippen LogP contribution in [-0.2, 0) is 13.2 Å². The van der Waals surface area contributed by atoms with Gasteiger partial charge in [0, 0.05) is 24.2 Å². The summed E-state index contributed by atoms with van der Waals surface area (Å²) in [6, 6.07) is 7.54. The number of ether oxygens (including phenoxy) is 2. The molecular formula is C15H17N5O2. The van der Waals surface area contributed by atoms with Gasteiger partial charge >= 0.3 is 0 Å². The molecule has 2 aromatic heterocycles. The summed E-state index contributed by atoms with van der Waals surface area (Å²) in [5, 5.41) is 12.6. The number of aromatic nitrogens is 5. The summed E-state index contributed by atoms with van der Waals surface area (Å²) in [6.07, 6.45) is 2.68. The van der Waals surface area contributed by atoms with Crippen LogP contribution in [0.25, 0.3) is 10.9 Å². The van der Waals surface area contributed by atoms with Crippen LogP contribution in [0, 0.1) is 0 Å². The highest BCUT2D eigenvalue weighted by Crippen LogP contribution is 2.27. The number of benzene rings is 1. The van der Waals surface area contributed by atoms with Gasteiger partial charge in [-0.25, -0.2) is 4.68 Å². The predicted molar refractivity (Wildman–Crippen MR) is 80.7 cm³/mol. The number of fused-ring (bicyclic) bond motifs is 1. The molecule has 7 nitrogen and oxygen atoms in total. The van der Waals surface area contributed by atoms with Crippen molar-refractivity contribution in [2.75, 3.05) is 7.11 Å². The Morgan fingerprint density at radius 3 is 2.95 bits per heavy atom. The van der Waals surface area contributed by atoms with Crippen molar-refractivity contribution < 1.29 is 9.47 Å². The van der Waals surface area contributed by atoms with Crippen LogP contribution in [0.3, 0.4) is 0 Å². The van der Waals surface area contributed by atoms with Gasteiger partial charge in [0.25, 0.3) is 0 Å². The van der Waals surface area contributed by atoms with Crippen LogP contribution in [0.15, 0.2) is 30.5 Å². The van der Waals surface area contributed by atoms with Crippen molar-refractivity contribution in [2.45, 2.75) is 26.5 Å². The summed E-state index contributed by atoms with van der Waals surface area (Å²) in [4.78, 5) is 4.34. The molecular weight excluding hydrogens is 282 g/mol. The summed E-state index contributed by atoms with van der Waals surface area (Å²) < 4.78 is 12.8. The Hall–Kier alpha value is -2.70. The van der Waals surface area contributed by atoms with Gasteiger partial charge in [0.1, 0.15) is 18.1 Å². The molecule has 1 aromatic carbocycles. The minimum Gasteiger partial charge on any atom is -0.497 e. The number of hydrogen-bond acceptors (Lipinski definition) is 6. The Balaban J connectivity index is 1.83. The zero-order valence-corrected chi connectivity index (χ0v) is 12.6. The molecule has 0 spiro atoms. The molecule has 0 fully saturated rings. The third-order valence-corrected chi connectivity index (χ3v) is 3.31. The molecule has 0 aliphatic heterocycles. The maximum Gasteiger partial charge on any atom is 0.189 e. The molecule has 0 aliphatic carbocycles.